The minimum atomic E-state index is -0.344. The molecule has 3 aromatic rings. The number of nitrogens with one attached hydrogen (secondary N) is 1. The van der Waals surface area contributed by atoms with Crippen LogP contribution >= 0.6 is 22.9 Å². The molecule has 0 spiro atoms. The van der Waals surface area contributed by atoms with Gasteiger partial charge in [0.25, 0.3) is 0 Å². The van der Waals surface area contributed by atoms with Crippen molar-refractivity contribution in [1.82, 2.24) is 9.88 Å². The van der Waals surface area contributed by atoms with Crippen molar-refractivity contribution in [3.05, 3.63) is 59.1 Å². The van der Waals surface area contributed by atoms with E-state index in [-0.39, 0.29) is 24.2 Å². The molecule has 1 fully saturated rings. The standard InChI is InChI=1S/C20H18ClN3O2S/c21-15-6-7-16-17(11-15)27-20(22-16)23-19(26)14-10-18(25)24(12-14)9-8-13-4-2-1-3-5-13/h1-7,11,14H,8-10,12H2,(H,22,23,26)/t14-/m1/s1. The van der Waals surface area contributed by atoms with Crippen LogP contribution in [0.4, 0.5) is 5.13 Å². The van der Waals surface area contributed by atoms with Crippen LogP contribution in [-0.2, 0) is 16.0 Å². The first-order chi connectivity index (χ1) is 13.1. The Bertz CT molecular complexity index is 989. The second-order valence-electron chi connectivity index (χ2n) is 6.60. The summed E-state index contributed by atoms with van der Waals surface area (Å²) < 4.78 is 0.921. The number of anilines is 1. The molecule has 1 aliphatic heterocycles. The molecule has 1 N–H and O–H groups in total. The summed E-state index contributed by atoms with van der Waals surface area (Å²) in [6, 6.07) is 15.5. The summed E-state index contributed by atoms with van der Waals surface area (Å²) in [6.07, 6.45) is 1.04. The zero-order valence-electron chi connectivity index (χ0n) is 14.5. The summed E-state index contributed by atoms with van der Waals surface area (Å²) in [4.78, 5) is 31.0. The summed E-state index contributed by atoms with van der Waals surface area (Å²) in [7, 11) is 0. The monoisotopic (exact) mass is 399 g/mol. The van der Waals surface area contributed by atoms with Gasteiger partial charge in [-0.25, -0.2) is 4.98 Å². The number of hydrogen-bond acceptors (Lipinski definition) is 4. The van der Waals surface area contributed by atoms with E-state index in [2.05, 4.69) is 10.3 Å². The van der Waals surface area contributed by atoms with Crippen LogP contribution in [0.5, 0.6) is 0 Å². The molecule has 1 aliphatic rings. The van der Waals surface area contributed by atoms with Crippen molar-refractivity contribution < 1.29 is 9.59 Å². The number of hydrogen-bond donors (Lipinski definition) is 1. The van der Waals surface area contributed by atoms with Crippen molar-refractivity contribution in [3.63, 3.8) is 0 Å². The molecule has 5 nitrogen and oxygen atoms in total. The molecule has 2 aromatic carbocycles. The number of benzene rings is 2. The Morgan fingerprint density at radius 1 is 1.26 bits per heavy atom. The van der Waals surface area contributed by atoms with Crippen molar-refractivity contribution in [3.8, 4) is 0 Å². The first kappa shape index (κ1) is 17.9. The van der Waals surface area contributed by atoms with Crippen molar-refractivity contribution >= 4 is 50.1 Å². The van der Waals surface area contributed by atoms with Gasteiger partial charge in [-0.05, 0) is 30.2 Å². The van der Waals surface area contributed by atoms with Crippen LogP contribution in [0.2, 0.25) is 5.02 Å². The molecular formula is C20H18ClN3O2S. The highest BCUT2D eigenvalue weighted by atomic mass is 35.5. The fourth-order valence-corrected chi connectivity index (χ4v) is 4.38. The minimum Gasteiger partial charge on any atom is -0.342 e. The van der Waals surface area contributed by atoms with E-state index < -0.39 is 0 Å². The highest BCUT2D eigenvalue weighted by molar-refractivity contribution is 7.22. The van der Waals surface area contributed by atoms with Gasteiger partial charge in [0, 0.05) is 24.5 Å². The van der Waals surface area contributed by atoms with E-state index in [1.165, 1.54) is 16.9 Å². The summed E-state index contributed by atoms with van der Waals surface area (Å²) in [6.45, 7) is 1.08. The number of thiazole rings is 1. The van der Waals surface area contributed by atoms with Gasteiger partial charge in [0.05, 0.1) is 16.1 Å². The highest BCUT2D eigenvalue weighted by Crippen LogP contribution is 2.29. The predicted octanol–water partition coefficient (Wildman–Crippen LogP) is 3.98. The second-order valence-corrected chi connectivity index (χ2v) is 8.06. The fraction of sp³-hybridized carbons (Fsp3) is 0.250. The lowest BCUT2D eigenvalue weighted by Gasteiger charge is -2.16. The molecule has 0 saturated carbocycles. The summed E-state index contributed by atoms with van der Waals surface area (Å²) in [5, 5.41) is 4.03. The molecule has 1 saturated heterocycles. The third-order valence-electron chi connectivity index (χ3n) is 4.68. The topological polar surface area (TPSA) is 62.3 Å². The van der Waals surface area contributed by atoms with Gasteiger partial charge in [-0.1, -0.05) is 53.3 Å². The zero-order chi connectivity index (χ0) is 18.8. The number of likely N-dealkylation sites (tertiary alicyclic amines) is 1. The number of amides is 2. The van der Waals surface area contributed by atoms with Gasteiger partial charge >= 0.3 is 0 Å². The van der Waals surface area contributed by atoms with Crippen LogP contribution in [0.15, 0.2) is 48.5 Å². The molecule has 4 rings (SSSR count). The van der Waals surface area contributed by atoms with E-state index in [1.807, 2.05) is 42.5 Å². The predicted molar refractivity (Wildman–Crippen MR) is 108 cm³/mol. The fourth-order valence-electron chi connectivity index (χ4n) is 3.23. The first-order valence-corrected chi connectivity index (χ1v) is 9.96. The van der Waals surface area contributed by atoms with Crippen LogP contribution < -0.4 is 5.32 Å². The number of halogens is 1. The van der Waals surface area contributed by atoms with Gasteiger partial charge in [-0.3, -0.25) is 9.59 Å². The molecular weight excluding hydrogens is 382 g/mol. The normalized spacial score (nSPS) is 16.9. The van der Waals surface area contributed by atoms with Gasteiger partial charge in [0.2, 0.25) is 11.8 Å². The lowest BCUT2D eigenvalue weighted by molar-refractivity contribution is -0.128. The third-order valence-corrected chi connectivity index (χ3v) is 5.85. The number of nitrogens with zero attached hydrogens (tertiary/aromatic N) is 2. The molecule has 0 unspecified atom stereocenters. The number of rotatable bonds is 5. The van der Waals surface area contributed by atoms with Crippen molar-refractivity contribution in [2.75, 3.05) is 18.4 Å². The summed E-state index contributed by atoms with van der Waals surface area (Å²) in [5.41, 5.74) is 1.98. The average Bonchev–Trinajstić information content (AvgIpc) is 3.23. The van der Waals surface area contributed by atoms with Crippen LogP contribution in [0.3, 0.4) is 0 Å². The van der Waals surface area contributed by atoms with E-state index in [0.717, 1.165) is 16.6 Å². The molecule has 2 heterocycles. The zero-order valence-corrected chi connectivity index (χ0v) is 16.1. The maximum absolute atomic E-state index is 12.6. The lowest BCUT2D eigenvalue weighted by Crippen LogP contribution is -2.30. The number of carbonyl (C=O) groups excluding carboxylic acids is 2. The van der Waals surface area contributed by atoms with E-state index in [4.69, 9.17) is 11.6 Å². The summed E-state index contributed by atoms with van der Waals surface area (Å²) in [5.74, 6) is -0.471. The maximum atomic E-state index is 12.6. The third kappa shape index (κ3) is 4.12. The Kier molecular flexibility index (Phi) is 5.09. The Morgan fingerprint density at radius 3 is 2.89 bits per heavy atom. The smallest absolute Gasteiger partial charge is 0.231 e. The first-order valence-electron chi connectivity index (χ1n) is 8.77. The molecule has 0 radical (unpaired) electrons. The molecule has 2 amide bonds. The van der Waals surface area contributed by atoms with E-state index in [1.54, 1.807) is 11.0 Å². The Balaban J connectivity index is 1.36. The number of fused-ring (bicyclic) bond motifs is 1. The quantitative estimate of drug-likeness (QED) is 0.705. The van der Waals surface area contributed by atoms with E-state index >= 15 is 0 Å². The molecule has 7 heteroatoms. The Labute approximate surface area is 166 Å². The van der Waals surface area contributed by atoms with Crippen LogP contribution in [0, 0.1) is 5.92 Å². The average molecular weight is 400 g/mol. The molecule has 1 atom stereocenters. The van der Waals surface area contributed by atoms with Gasteiger partial charge < -0.3 is 10.2 Å². The number of carbonyl (C=O) groups is 2. The van der Waals surface area contributed by atoms with Gasteiger partial charge in [-0.2, -0.15) is 0 Å². The molecule has 1 aromatic heterocycles. The van der Waals surface area contributed by atoms with Gasteiger partial charge in [-0.15, -0.1) is 0 Å². The van der Waals surface area contributed by atoms with Crippen molar-refractivity contribution in [2.24, 2.45) is 5.92 Å². The van der Waals surface area contributed by atoms with Crippen LogP contribution in [-0.4, -0.2) is 34.8 Å². The number of aromatic nitrogens is 1. The maximum Gasteiger partial charge on any atom is 0.231 e. The van der Waals surface area contributed by atoms with Crippen molar-refractivity contribution in [1.29, 1.82) is 0 Å². The van der Waals surface area contributed by atoms with Crippen molar-refractivity contribution in [2.45, 2.75) is 12.8 Å². The largest absolute Gasteiger partial charge is 0.342 e. The highest BCUT2D eigenvalue weighted by Gasteiger charge is 2.34. The lowest BCUT2D eigenvalue weighted by atomic mass is 10.1. The molecule has 0 bridgehead atoms. The SMILES string of the molecule is O=C(Nc1nc2ccc(Cl)cc2s1)[C@@H]1CC(=O)N(CCc2ccccc2)C1. The van der Waals surface area contributed by atoms with Crippen LogP contribution in [0.25, 0.3) is 10.2 Å². The minimum absolute atomic E-state index is 0.0298. The van der Waals surface area contributed by atoms with E-state index in [0.29, 0.717) is 23.2 Å². The summed E-state index contributed by atoms with van der Waals surface area (Å²) >= 11 is 7.37. The second kappa shape index (κ2) is 7.66. The van der Waals surface area contributed by atoms with Gasteiger partial charge in [0.1, 0.15) is 0 Å². The van der Waals surface area contributed by atoms with E-state index in [9.17, 15) is 9.59 Å². The molecule has 138 valence electrons. The Hall–Kier alpha value is -2.44. The Morgan fingerprint density at radius 2 is 2.07 bits per heavy atom. The molecule has 0 aliphatic carbocycles. The molecule has 27 heavy (non-hydrogen) atoms. The van der Waals surface area contributed by atoms with Crippen LogP contribution in [0.1, 0.15) is 12.0 Å². The van der Waals surface area contributed by atoms with Gasteiger partial charge in [0.15, 0.2) is 5.13 Å².